The molecule has 1 rings (SSSR count). The number of hydrogen-bond donors (Lipinski definition) is 2. The summed E-state index contributed by atoms with van der Waals surface area (Å²) >= 11 is 0. The Bertz CT molecular complexity index is 517. The number of carbonyl (C=O) groups excluding carboxylic acids is 1. The number of nitrogens with two attached hydrogens (primary N) is 1. The molecule has 1 aromatic rings. The van der Waals surface area contributed by atoms with Crippen molar-refractivity contribution in [3.05, 3.63) is 34.6 Å². The molecule has 0 aromatic heterocycles. The first-order valence-electron chi connectivity index (χ1n) is 6.26. The summed E-state index contributed by atoms with van der Waals surface area (Å²) < 4.78 is 18.3. The van der Waals surface area contributed by atoms with Crippen molar-refractivity contribution in [1.82, 2.24) is 5.43 Å². The van der Waals surface area contributed by atoms with Gasteiger partial charge in [-0.15, -0.1) is 0 Å². The van der Waals surface area contributed by atoms with Crippen molar-refractivity contribution in [1.29, 1.82) is 0 Å². The second kappa shape index (κ2) is 7.00. The summed E-state index contributed by atoms with van der Waals surface area (Å²) in [6, 6.07) is 2.64. The van der Waals surface area contributed by atoms with E-state index in [4.69, 9.17) is 5.73 Å². The lowest BCUT2D eigenvalue weighted by Gasteiger charge is -2.20. The van der Waals surface area contributed by atoms with E-state index in [2.05, 4.69) is 15.3 Å². The predicted octanol–water partition coefficient (Wildman–Crippen LogP) is 2.22. The molecule has 110 valence electrons. The lowest BCUT2D eigenvalue weighted by molar-refractivity contribution is 0.171. The molecule has 0 saturated carbocycles. The Labute approximate surface area is 118 Å². The molecule has 5 nitrogen and oxygen atoms in total. The van der Waals surface area contributed by atoms with Crippen LogP contribution in [0.5, 0.6) is 0 Å². The molecular weight excluding hydrogens is 261 g/mol. The minimum absolute atomic E-state index is 0.266. The number of nitrogens with one attached hydrogen (secondary N) is 1. The molecule has 0 radical (unpaired) electrons. The third kappa shape index (κ3) is 3.77. The first-order chi connectivity index (χ1) is 9.38. The Morgan fingerprint density at radius 2 is 2.15 bits per heavy atom. The highest BCUT2D eigenvalue weighted by Crippen LogP contribution is 2.26. The first kappa shape index (κ1) is 16.1. The molecule has 0 aliphatic heterocycles. The Balaban J connectivity index is 2.87. The smallest absolute Gasteiger partial charge is 0.427 e. The third-order valence-electron chi connectivity index (χ3n) is 3.35. The van der Waals surface area contributed by atoms with Gasteiger partial charge in [0.15, 0.2) is 0 Å². The van der Waals surface area contributed by atoms with E-state index < -0.39 is 12.1 Å². The molecule has 0 aliphatic carbocycles. The van der Waals surface area contributed by atoms with Crippen LogP contribution in [0.15, 0.2) is 17.2 Å². The molecule has 1 aromatic carbocycles. The Morgan fingerprint density at radius 3 is 2.75 bits per heavy atom. The monoisotopic (exact) mass is 281 g/mol. The van der Waals surface area contributed by atoms with Crippen molar-refractivity contribution in [2.75, 3.05) is 7.11 Å². The summed E-state index contributed by atoms with van der Waals surface area (Å²) in [7, 11) is 1.24. The number of amides is 1. The van der Waals surface area contributed by atoms with Gasteiger partial charge in [0.1, 0.15) is 5.82 Å². The molecule has 6 heteroatoms. The summed E-state index contributed by atoms with van der Waals surface area (Å²) in [5.41, 5.74) is 10.6. The summed E-state index contributed by atoms with van der Waals surface area (Å²) in [6.45, 7) is 5.60. The molecule has 3 N–H and O–H groups in total. The lowest BCUT2D eigenvalue weighted by Crippen LogP contribution is -2.31. The van der Waals surface area contributed by atoms with Crippen LogP contribution in [0.1, 0.15) is 29.5 Å². The van der Waals surface area contributed by atoms with E-state index in [1.54, 1.807) is 6.07 Å². The topological polar surface area (TPSA) is 76.7 Å². The highest BCUT2D eigenvalue weighted by Gasteiger charge is 2.20. The zero-order valence-corrected chi connectivity index (χ0v) is 12.1. The Morgan fingerprint density at radius 1 is 1.50 bits per heavy atom. The van der Waals surface area contributed by atoms with Gasteiger partial charge < -0.3 is 10.5 Å². The number of halogens is 1. The van der Waals surface area contributed by atoms with E-state index in [0.29, 0.717) is 5.56 Å². The van der Waals surface area contributed by atoms with E-state index in [-0.39, 0.29) is 11.7 Å². The van der Waals surface area contributed by atoms with Crippen molar-refractivity contribution in [3.8, 4) is 0 Å². The molecule has 20 heavy (non-hydrogen) atoms. The number of methoxy groups -OCH3 is 1. The Kier molecular flexibility index (Phi) is 5.64. The number of aryl methyl sites for hydroxylation is 1. The second-order valence-electron chi connectivity index (χ2n) is 4.65. The Hall–Kier alpha value is -1.95. The maximum Gasteiger partial charge on any atom is 0.427 e. The third-order valence-corrected chi connectivity index (χ3v) is 3.35. The number of hydrazone groups is 1. The molecule has 2 atom stereocenters. The van der Waals surface area contributed by atoms with Gasteiger partial charge in [-0.3, -0.25) is 0 Å². The van der Waals surface area contributed by atoms with Gasteiger partial charge in [0.2, 0.25) is 0 Å². The molecule has 0 fully saturated rings. The van der Waals surface area contributed by atoms with Crippen LogP contribution in [0.3, 0.4) is 0 Å². The number of nitrogens with zero attached hydrogens (tertiary/aromatic N) is 1. The molecule has 0 saturated heterocycles. The van der Waals surface area contributed by atoms with Crippen molar-refractivity contribution >= 4 is 12.3 Å². The summed E-state index contributed by atoms with van der Waals surface area (Å²) in [5, 5.41) is 3.67. The predicted molar refractivity (Wildman–Crippen MR) is 76.3 cm³/mol. The number of benzene rings is 1. The lowest BCUT2D eigenvalue weighted by atomic mass is 9.88. The van der Waals surface area contributed by atoms with E-state index in [1.165, 1.54) is 19.4 Å². The van der Waals surface area contributed by atoms with E-state index in [0.717, 1.165) is 11.1 Å². The average molecular weight is 281 g/mol. The fraction of sp³-hybridized carbons (Fsp3) is 0.429. The standard InChI is InChI=1S/C14H20FN3O2/c1-8-5-6-11(15)13(9(8)2)10(3)12(16)7-17-18-14(19)20-4/h5-7,10,12H,16H2,1-4H3,(H,18,19)/b17-7+. The van der Waals surface area contributed by atoms with E-state index >= 15 is 0 Å². The van der Waals surface area contributed by atoms with E-state index in [9.17, 15) is 9.18 Å². The normalized spacial score (nSPS) is 14.1. The fourth-order valence-electron chi connectivity index (χ4n) is 1.91. The van der Waals surface area contributed by atoms with Gasteiger partial charge in [0.05, 0.1) is 7.11 Å². The molecule has 0 spiro atoms. The number of carbonyl (C=O) groups is 1. The molecule has 2 unspecified atom stereocenters. The summed E-state index contributed by atoms with van der Waals surface area (Å²) in [5.74, 6) is -0.552. The summed E-state index contributed by atoms with van der Waals surface area (Å²) in [4.78, 5) is 10.8. The van der Waals surface area contributed by atoms with Gasteiger partial charge in [-0.1, -0.05) is 13.0 Å². The summed E-state index contributed by atoms with van der Waals surface area (Å²) in [6.07, 6.45) is 0.682. The van der Waals surface area contributed by atoms with Crippen LogP contribution in [0.4, 0.5) is 9.18 Å². The maximum atomic E-state index is 14.0. The zero-order valence-electron chi connectivity index (χ0n) is 12.1. The molecule has 0 heterocycles. The molecular formula is C14H20FN3O2. The van der Waals surface area contributed by atoms with Crippen LogP contribution in [0, 0.1) is 19.7 Å². The number of rotatable bonds is 4. The quantitative estimate of drug-likeness (QED) is 0.656. The van der Waals surface area contributed by atoms with Crippen LogP contribution in [-0.4, -0.2) is 25.5 Å². The SMILES string of the molecule is COC(=O)N/N=C/C(N)C(C)c1c(F)ccc(C)c1C. The molecule has 0 bridgehead atoms. The van der Waals surface area contributed by atoms with Crippen LogP contribution in [-0.2, 0) is 4.74 Å². The van der Waals surface area contributed by atoms with Crippen LogP contribution < -0.4 is 11.2 Å². The highest BCUT2D eigenvalue weighted by atomic mass is 19.1. The van der Waals surface area contributed by atoms with Crippen LogP contribution >= 0.6 is 0 Å². The van der Waals surface area contributed by atoms with Gasteiger partial charge >= 0.3 is 6.09 Å². The van der Waals surface area contributed by atoms with Crippen molar-refractivity contribution in [2.45, 2.75) is 32.7 Å². The first-order valence-corrected chi connectivity index (χ1v) is 6.26. The van der Waals surface area contributed by atoms with Gasteiger partial charge in [-0.25, -0.2) is 14.6 Å². The van der Waals surface area contributed by atoms with Crippen molar-refractivity contribution in [3.63, 3.8) is 0 Å². The van der Waals surface area contributed by atoms with Crippen molar-refractivity contribution < 1.29 is 13.9 Å². The minimum Gasteiger partial charge on any atom is -0.452 e. The van der Waals surface area contributed by atoms with Crippen LogP contribution in [0.25, 0.3) is 0 Å². The average Bonchev–Trinajstić information content (AvgIpc) is 2.42. The largest absolute Gasteiger partial charge is 0.452 e. The zero-order chi connectivity index (χ0) is 15.3. The second-order valence-corrected chi connectivity index (χ2v) is 4.65. The molecule has 1 amide bonds. The number of hydrogen-bond acceptors (Lipinski definition) is 4. The van der Waals surface area contributed by atoms with Gasteiger partial charge in [-0.05, 0) is 36.6 Å². The van der Waals surface area contributed by atoms with Crippen LogP contribution in [0.2, 0.25) is 0 Å². The van der Waals surface area contributed by atoms with Gasteiger partial charge in [0, 0.05) is 18.2 Å². The maximum absolute atomic E-state index is 14.0. The minimum atomic E-state index is -0.681. The fourth-order valence-corrected chi connectivity index (χ4v) is 1.91. The highest BCUT2D eigenvalue weighted by molar-refractivity contribution is 5.71. The van der Waals surface area contributed by atoms with Gasteiger partial charge in [-0.2, -0.15) is 5.10 Å². The van der Waals surface area contributed by atoms with Crippen molar-refractivity contribution in [2.24, 2.45) is 10.8 Å². The van der Waals surface area contributed by atoms with Gasteiger partial charge in [0.25, 0.3) is 0 Å². The number of ether oxygens (including phenoxy) is 1. The molecule has 0 aliphatic rings. The van der Waals surface area contributed by atoms with E-state index in [1.807, 2.05) is 20.8 Å².